The average molecular weight is 342 g/mol. The quantitative estimate of drug-likeness (QED) is 0.681. The van der Waals surface area contributed by atoms with E-state index in [0.29, 0.717) is 22.1 Å². The van der Waals surface area contributed by atoms with Gasteiger partial charge in [0, 0.05) is 18.0 Å². The van der Waals surface area contributed by atoms with E-state index in [1.54, 1.807) is 24.3 Å². The van der Waals surface area contributed by atoms with Crippen LogP contribution < -0.4 is 10.3 Å². The Hall–Kier alpha value is -3.22. The van der Waals surface area contributed by atoms with Crippen LogP contribution in [0, 0.1) is 5.82 Å². The highest BCUT2D eigenvalue weighted by Gasteiger charge is 2.17. The summed E-state index contributed by atoms with van der Waals surface area (Å²) in [5.74, 6) is -0.761. The van der Waals surface area contributed by atoms with Crippen molar-refractivity contribution in [2.75, 3.05) is 7.11 Å². The van der Waals surface area contributed by atoms with E-state index in [-0.39, 0.29) is 17.9 Å². The molecule has 0 saturated carbocycles. The third-order valence-corrected chi connectivity index (χ3v) is 3.75. The minimum Gasteiger partial charge on any atom is -0.496 e. The number of carbonyl (C=O) groups is 1. The predicted molar refractivity (Wildman–Crippen MR) is 89.1 cm³/mol. The second kappa shape index (κ2) is 6.72. The topological polar surface area (TPSA) is 70.4 Å². The van der Waals surface area contributed by atoms with E-state index in [1.807, 2.05) is 0 Å². The van der Waals surface area contributed by atoms with Gasteiger partial charge in [-0.1, -0.05) is 18.2 Å². The SMILES string of the molecule is COc1ccc(F)cc1COC(=O)c1nn(C)c(=O)c2ccccc12. The zero-order valence-corrected chi connectivity index (χ0v) is 13.7. The highest BCUT2D eigenvalue weighted by Crippen LogP contribution is 2.21. The van der Waals surface area contributed by atoms with Gasteiger partial charge >= 0.3 is 5.97 Å². The van der Waals surface area contributed by atoms with Crippen molar-refractivity contribution >= 4 is 16.7 Å². The second-order valence-corrected chi connectivity index (χ2v) is 5.36. The molecular weight excluding hydrogens is 327 g/mol. The first-order chi connectivity index (χ1) is 12.0. The van der Waals surface area contributed by atoms with E-state index in [2.05, 4.69) is 5.10 Å². The molecule has 0 bridgehead atoms. The van der Waals surface area contributed by atoms with Gasteiger partial charge in [-0.2, -0.15) is 5.10 Å². The number of hydrogen-bond acceptors (Lipinski definition) is 5. The molecule has 25 heavy (non-hydrogen) atoms. The van der Waals surface area contributed by atoms with E-state index < -0.39 is 11.8 Å². The van der Waals surface area contributed by atoms with Crippen LogP contribution in [0.15, 0.2) is 47.3 Å². The Morgan fingerprint density at radius 1 is 1.20 bits per heavy atom. The van der Waals surface area contributed by atoms with Gasteiger partial charge in [-0.3, -0.25) is 4.79 Å². The first-order valence-electron chi connectivity index (χ1n) is 7.47. The van der Waals surface area contributed by atoms with Gasteiger partial charge in [0.2, 0.25) is 0 Å². The summed E-state index contributed by atoms with van der Waals surface area (Å²) < 4.78 is 24.9. The fourth-order valence-corrected chi connectivity index (χ4v) is 2.52. The lowest BCUT2D eigenvalue weighted by molar-refractivity contribution is 0.0462. The molecule has 0 atom stereocenters. The number of halogens is 1. The van der Waals surface area contributed by atoms with Crippen molar-refractivity contribution in [3.8, 4) is 5.75 Å². The van der Waals surface area contributed by atoms with Crippen LogP contribution in [0.5, 0.6) is 5.75 Å². The Morgan fingerprint density at radius 3 is 2.64 bits per heavy atom. The van der Waals surface area contributed by atoms with Crippen molar-refractivity contribution < 1.29 is 18.7 Å². The van der Waals surface area contributed by atoms with Gasteiger partial charge < -0.3 is 9.47 Å². The number of methoxy groups -OCH3 is 1. The first kappa shape index (κ1) is 16.6. The highest BCUT2D eigenvalue weighted by molar-refractivity contribution is 6.02. The number of aryl methyl sites for hydroxylation is 1. The fourth-order valence-electron chi connectivity index (χ4n) is 2.52. The molecule has 0 unspecified atom stereocenters. The Morgan fingerprint density at radius 2 is 1.92 bits per heavy atom. The molecule has 0 saturated heterocycles. The van der Waals surface area contributed by atoms with E-state index in [1.165, 1.54) is 32.4 Å². The van der Waals surface area contributed by atoms with Crippen LogP contribution in [-0.2, 0) is 18.4 Å². The van der Waals surface area contributed by atoms with Crippen LogP contribution in [0.2, 0.25) is 0 Å². The van der Waals surface area contributed by atoms with E-state index >= 15 is 0 Å². The minimum atomic E-state index is -0.710. The molecule has 1 aromatic heterocycles. The zero-order chi connectivity index (χ0) is 18.0. The highest BCUT2D eigenvalue weighted by atomic mass is 19.1. The molecule has 0 fully saturated rings. The van der Waals surface area contributed by atoms with Gasteiger partial charge in [-0.15, -0.1) is 0 Å². The Bertz CT molecular complexity index is 1010. The summed E-state index contributed by atoms with van der Waals surface area (Å²) >= 11 is 0. The number of aromatic nitrogens is 2. The monoisotopic (exact) mass is 342 g/mol. The molecule has 0 aliphatic heterocycles. The van der Waals surface area contributed by atoms with Gasteiger partial charge in [0.05, 0.1) is 12.5 Å². The summed E-state index contributed by atoms with van der Waals surface area (Å²) in [6.07, 6.45) is 0. The molecule has 7 heteroatoms. The van der Waals surface area contributed by atoms with Crippen LogP contribution in [0.4, 0.5) is 4.39 Å². The number of ether oxygens (including phenoxy) is 2. The normalized spacial score (nSPS) is 10.7. The zero-order valence-electron chi connectivity index (χ0n) is 13.7. The number of nitrogens with zero attached hydrogens (tertiary/aromatic N) is 2. The predicted octanol–water partition coefficient (Wildman–Crippen LogP) is 2.44. The molecule has 0 radical (unpaired) electrons. The van der Waals surface area contributed by atoms with Crippen molar-refractivity contribution in [3.05, 3.63) is 69.9 Å². The molecule has 3 rings (SSSR count). The van der Waals surface area contributed by atoms with E-state index in [0.717, 1.165) is 4.68 Å². The standard InChI is InChI=1S/C18H15FN2O4/c1-21-17(22)14-6-4-3-5-13(14)16(20-21)18(23)25-10-11-9-12(19)7-8-15(11)24-2/h3-9H,10H2,1-2H3. The lowest BCUT2D eigenvalue weighted by atomic mass is 10.1. The molecule has 0 aliphatic carbocycles. The van der Waals surface area contributed by atoms with Crippen molar-refractivity contribution in [1.82, 2.24) is 9.78 Å². The molecular formula is C18H15FN2O4. The summed E-state index contributed by atoms with van der Waals surface area (Å²) in [5, 5.41) is 4.77. The number of fused-ring (bicyclic) bond motifs is 1. The van der Waals surface area contributed by atoms with Crippen molar-refractivity contribution in [3.63, 3.8) is 0 Å². The van der Waals surface area contributed by atoms with Crippen molar-refractivity contribution in [1.29, 1.82) is 0 Å². The summed E-state index contributed by atoms with van der Waals surface area (Å²) in [6, 6.07) is 10.6. The Kier molecular flexibility index (Phi) is 4.47. The molecule has 0 aliphatic rings. The Labute approximate surface area is 142 Å². The van der Waals surface area contributed by atoms with Gasteiger partial charge in [0.15, 0.2) is 5.69 Å². The first-order valence-corrected chi connectivity index (χ1v) is 7.47. The summed E-state index contributed by atoms with van der Waals surface area (Å²) in [6.45, 7) is -0.182. The van der Waals surface area contributed by atoms with E-state index in [9.17, 15) is 14.0 Å². The molecule has 128 valence electrons. The van der Waals surface area contributed by atoms with Crippen LogP contribution in [-0.4, -0.2) is 22.9 Å². The van der Waals surface area contributed by atoms with Crippen LogP contribution in [0.25, 0.3) is 10.8 Å². The second-order valence-electron chi connectivity index (χ2n) is 5.36. The van der Waals surface area contributed by atoms with Crippen LogP contribution in [0.1, 0.15) is 16.1 Å². The largest absolute Gasteiger partial charge is 0.496 e. The molecule has 2 aromatic carbocycles. The third kappa shape index (κ3) is 3.21. The van der Waals surface area contributed by atoms with E-state index in [4.69, 9.17) is 9.47 Å². The molecule has 0 spiro atoms. The van der Waals surface area contributed by atoms with Crippen LogP contribution in [0.3, 0.4) is 0 Å². The lowest BCUT2D eigenvalue weighted by Gasteiger charge is -2.11. The number of hydrogen-bond donors (Lipinski definition) is 0. The lowest BCUT2D eigenvalue weighted by Crippen LogP contribution is -2.23. The maximum atomic E-state index is 13.4. The maximum absolute atomic E-state index is 13.4. The fraction of sp³-hybridized carbons (Fsp3) is 0.167. The smallest absolute Gasteiger partial charge is 0.359 e. The van der Waals surface area contributed by atoms with Crippen molar-refractivity contribution in [2.24, 2.45) is 7.05 Å². The summed E-state index contributed by atoms with van der Waals surface area (Å²) in [4.78, 5) is 24.5. The number of esters is 1. The number of benzene rings is 2. The molecule has 0 N–H and O–H groups in total. The van der Waals surface area contributed by atoms with Crippen LogP contribution >= 0.6 is 0 Å². The maximum Gasteiger partial charge on any atom is 0.359 e. The van der Waals surface area contributed by atoms with Gasteiger partial charge in [0.1, 0.15) is 18.2 Å². The summed E-state index contributed by atoms with van der Waals surface area (Å²) in [5.41, 5.74) is 0.108. The van der Waals surface area contributed by atoms with Gasteiger partial charge in [0.25, 0.3) is 5.56 Å². The molecule has 6 nitrogen and oxygen atoms in total. The third-order valence-electron chi connectivity index (χ3n) is 3.75. The molecule has 1 heterocycles. The number of carbonyl (C=O) groups excluding carboxylic acids is 1. The molecule has 3 aromatic rings. The Balaban J connectivity index is 1.93. The summed E-state index contributed by atoms with van der Waals surface area (Å²) in [7, 11) is 2.90. The number of rotatable bonds is 4. The molecule has 0 amide bonds. The van der Waals surface area contributed by atoms with Gasteiger partial charge in [-0.05, 0) is 24.3 Å². The van der Waals surface area contributed by atoms with Crippen molar-refractivity contribution in [2.45, 2.75) is 6.61 Å². The average Bonchev–Trinajstić information content (AvgIpc) is 2.63. The minimum absolute atomic E-state index is 0.0214. The van der Waals surface area contributed by atoms with Gasteiger partial charge in [-0.25, -0.2) is 13.9 Å².